The summed E-state index contributed by atoms with van der Waals surface area (Å²) in [5.74, 6) is 0.423. The van der Waals surface area contributed by atoms with E-state index in [-0.39, 0.29) is 11.8 Å². The second kappa shape index (κ2) is 9.79. The first-order chi connectivity index (χ1) is 14.0. The quantitative estimate of drug-likeness (QED) is 0.586. The molecule has 0 saturated heterocycles. The average molecular weight is 415 g/mol. The number of halogens is 1. The predicted octanol–water partition coefficient (Wildman–Crippen LogP) is 5.02. The molecule has 1 atom stereocenters. The molecule has 0 aliphatic carbocycles. The molecule has 5 nitrogen and oxygen atoms in total. The van der Waals surface area contributed by atoms with Crippen LogP contribution in [0.15, 0.2) is 42.5 Å². The van der Waals surface area contributed by atoms with Gasteiger partial charge >= 0.3 is 0 Å². The van der Waals surface area contributed by atoms with E-state index < -0.39 is 6.04 Å². The Labute approximate surface area is 177 Å². The van der Waals surface area contributed by atoms with E-state index in [4.69, 9.17) is 16.3 Å². The van der Waals surface area contributed by atoms with Crippen molar-refractivity contribution in [2.75, 3.05) is 11.5 Å². The molecule has 0 aromatic heterocycles. The topological polar surface area (TPSA) is 58.6 Å². The summed E-state index contributed by atoms with van der Waals surface area (Å²) in [4.78, 5) is 26.2. The first kappa shape index (κ1) is 21.2. The Morgan fingerprint density at radius 2 is 1.90 bits per heavy atom. The Bertz CT molecular complexity index is 867. The van der Waals surface area contributed by atoms with Gasteiger partial charge in [0.15, 0.2) is 0 Å². The average Bonchev–Trinajstić information content (AvgIpc) is 2.94. The number of ether oxygens (including phenoxy) is 1. The number of rotatable bonds is 9. The molecular weight excluding hydrogens is 388 g/mol. The third-order valence-electron chi connectivity index (χ3n) is 4.98. The Morgan fingerprint density at radius 3 is 2.59 bits per heavy atom. The minimum absolute atomic E-state index is 0.159. The highest BCUT2D eigenvalue weighted by Crippen LogP contribution is 2.38. The van der Waals surface area contributed by atoms with Crippen LogP contribution in [0, 0.1) is 0 Å². The molecule has 3 rings (SSSR count). The van der Waals surface area contributed by atoms with Gasteiger partial charge < -0.3 is 15.0 Å². The fraction of sp³-hybridized carbons (Fsp3) is 0.391. The third kappa shape index (κ3) is 5.30. The van der Waals surface area contributed by atoms with Crippen molar-refractivity contribution in [1.29, 1.82) is 0 Å². The molecule has 0 radical (unpaired) electrons. The fourth-order valence-electron chi connectivity index (χ4n) is 3.51. The van der Waals surface area contributed by atoms with Gasteiger partial charge in [-0.05, 0) is 42.3 Å². The first-order valence-corrected chi connectivity index (χ1v) is 10.5. The molecule has 0 fully saturated rings. The van der Waals surface area contributed by atoms with Crippen LogP contribution >= 0.6 is 11.6 Å². The Balaban J connectivity index is 1.68. The molecule has 0 unspecified atom stereocenters. The molecule has 1 aliphatic heterocycles. The van der Waals surface area contributed by atoms with E-state index in [1.165, 1.54) is 26.2 Å². The van der Waals surface area contributed by atoms with Crippen molar-refractivity contribution in [1.82, 2.24) is 5.32 Å². The summed E-state index contributed by atoms with van der Waals surface area (Å²) >= 11 is 6.11. The minimum Gasteiger partial charge on any atom is -0.494 e. The maximum Gasteiger partial charge on any atom is 0.254 e. The number of nitrogens with zero attached hydrogens (tertiary/aromatic N) is 1. The lowest BCUT2D eigenvalue weighted by Crippen LogP contribution is -2.36. The Hall–Kier alpha value is -2.53. The van der Waals surface area contributed by atoms with Gasteiger partial charge in [-0.25, -0.2) is 0 Å². The van der Waals surface area contributed by atoms with Crippen LogP contribution in [0.1, 0.15) is 56.7 Å². The molecule has 29 heavy (non-hydrogen) atoms. The third-order valence-corrected chi connectivity index (χ3v) is 5.22. The molecule has 6 heteroatoms. The number of unbranched alkanes of at least 4 members (excludes halogenated alkanes) is 3. The molecule has 154 valence electrons. The van der Waals surface area contributed by atoms with E-state index in [1.807, 2.05) is 30.3 Å². The Kier molecular flexibility index (Phi) is 7.15. The molecule has 1 aliphatic rings. The zero-order valence-electron chi connectivity index (χ0n) is 16.9. The van der Waals surface area contributed by atoms with Crippen LogP contribution in [0.5, 0.6) is 5.75 Å². The largest absolute Gasteiger partial charge is 0.494 e. The molecule has 1 N–H and O–H groups in total. The van der Waals surface area contributed by atoms with Gasteiger partial charge in [-0.1, -0.05) is 49.9 Å². The summed E-state index contributed by atoms with van der Waals surface area (Å²) in [7, 11) is 0. The summed E-state index contributed by atoms with van der Waals surface area (Å²) < 4.78 is 5.79. The number of hydrogen-bond acceptors (Lipinski definition) is 3. The molecule has 0 saturated carbocycles. The van der Waals surface area contributed by atoms with E-state index in [2.05, 4.69) is 12.2 Å². The molecule has 0 bridgehead atoms. The second-order valence-corrected chi connectivity index (χ2v) is 7.75. The summed E-state index contributed by atoms with van der Waals surface area (Å²) in [5, 5.41) is 3.26. The van der Waals surface area contributed by atoms with Crippen molar-refractivity contribution in [3.8, 4) is 5.75 Å². The maximum atomic E-state index is 13.0. The lowest BCUT2D eigenvalue weighted by atomic mass is 10.1. The summed E-state index contributed by atoms with van der Waals surface area (Å²) in [5.41, 5.74) is 2.49. The van der Waals surface area contributed by atoms with Gasteiger partial charge in [0.05, 0.1) is 13.2 Å². The monoisotopic (exact) mass is 414 g/mol. The van der Waals surface area contributed by atoms with Gasteiger partial charge in [-0.2, -0.15) is 0 Å². The number of carbonyl (C=O) groups is 2. The van der Waals surface area contributed by atoms with Gasteiger partial charge in [-0.15, -0.1) is 0 Å². The number of amides is 2. The normalized spacial score (nSPS) is 15.3. The Morgan fingerprint density at radius 1 is 1.14 bits per heavy atom. The molecule has 2 amide bonds. The highest BCUT2D eigenvalue weighted by molar-refractivity contribution is 6.31. The molecule has 1 heterocycles. The zero-order chi connectivity index (χ0) is 20.8. The van der Waals surface area contributed by atoms with E-state index >= 15 is 0 Å². The lowest BCUT2D eigenvalue weighted by Gasteiger charge is -2.18. The molecular formula is C23H27ClN2O3. The van der Waals surface area contributed by atoms with Crippen LogP contribution in [0.4, 0.5) is 5.69 Å². The van der Waals surface area contributed by atoms with Crippen LogP contribution in [0.2, 0.25) is 5.02 Å². The van der Waals surface area contributed by atoms with Gasteiger partial charge in [0.1, 0.15) is 11.8 Å². The molecule has 2 aromatic rings. The van der Waals surface area contributed by atoms with Crippen molar-refractivity contribution >= 4 is 29.1 Å². The second-order valence-electron chi connectivity index (χ2n) is 7.31. The number of nitrogens with one attached hydrogen (secondary N) is 1. The van der Waals surface area contributed by atoms with Gasteiger partial charge in [0, 0.05) is 23.2 Å². The summed E-state index contributed by atoms with van der Waals surface area (Å²) in [6.07, 6.45) is 4.69. The van der Waals surface area contributed by atoms with Crippen LogP contribution in [0.25, 0.3) is 0 Å². The predicted molar refractivity (Wildman–Crippen MR) is 115 cm³/mol. The molecule has 2 aromatic carbocycles. The van der Waals surface area contributed by atoms with Crippen LogP contribution in [0.3, 0.4) is 0 Å². The standard InChI is InChI=1S/C23H27ClN2O3/c1-3-4-5-6-13-29-19-10-7-17(8-11-19)15-26-21-12-9-18(24)14-20(21)22(23(26)28)25-16(2)27/h7-12,14,22H,3-6,13,15H2,1-2H3,(H,25,27)/t22-/m0/s1. The highest BCUT2D eigenvalue weighted by atomic mass is 35.5. The van der Waals surface area contributed by atoms with Crippen LogP contribution < -0.4 is 15.0 Å². The van der Waals surface area contributed by atoms with Crippen molar-refractivity contribution in [2.24, 2.45) is 0 Å². The van der Waals surface area contributed by atoms with Crippen molar-refractivity contribution in [3.63, 3.8) is 0 Å². The number of carbonyl (C=O) groups excluding carboxylic acids is 2. The smallest absolute Gasteiger partial charge is 0.254 e. The number of fused-ring (bicyclic) bond motifs is 1. The molecule has 0 spiro atoms. The number of hydrogen-bond donors (Lipinski definition) is 1. The summed E-state index contributed by atoms with van der Waals surface area (Å²) in [6.45, 7) is 4.73. The van der Waals surface area contributed by atoms with Crippen LogP contribution in [-0.4, -0.2) is 18.4 Å². The van der Waals surface area contributed by atoms with Crippen molar-refractivity contribution < 1.29 is 14.3 Å². The zero-order valence-corrected chi connectivity index (χ0v) is 17.7. The lowest BCUT2D eigenvalue weighted by molar-refractivity contribution is -0.126. The van der Waals surface area contributed by atoms with Crippen LogP contribution in [-0.2, 0) is 16.1 Å². The maximum absolute atomic E-state index is 13.0. The van der Waals surface area contributed by atoms with Gasteiger partial charge in [0.25, 0.3) is 5.91 Å². The van der Waals surface area contributed by atoms with Gasteiger partial charge in [0.2, 0.25) is 5.91 Å². The van der Waals surface area contributed by atoms with Gasteiger partial charge in [-0.3, -0.25) is 9.59 Å². The minimum atomic E-state index is -0.702. The SMILES string of the molecule is CCCCCCOc1ccc(CN2C(=O)[C@@H](NC(C)=O)c3cc(Cl)ccc32)cc1. The fourth-order valence-corrected chi connectivity index (χ4v) is 3.69. The van der Waals surface area contributed by atoms with Crippen molar-refractivity contribution in [3.05, 3.63) is 58.6 Å². The number of benzene rings is 2. The first-order valence-electron chi connectivity index (χ1n) is 10.1. The highest BCUT2D eigenvalue weighted by Gasteiger charge is 2.37. The van der Waals surface area contributed by atoms with E-state index in [1.54, 1.807) is 17.0 Å². The van der Waals surface area contributed by atoms with E-state index in [9.17, 15) is 9.59 Å². The van der Waals surface area contributed by atoms with E-state index in [0.717, 1.165) is 35.6 Å². The van der Waals surface area contributed by atoms with Crippen molar-refractivity contribution in [2.45, 2.75) is 52.1 Å². The summed E-state index contributed by atoms with van der Waals surface area (Å²) in [6, 6.07) is 12.4. The number of anilines is 1. The van der Waals surface area contributed by atoms with E-state index in [0.29, 0.717) is 11.6 Å².